The van der Waals surface area contributed by atoms with Gasteiger partial charge in [0.05, 0.1) is 10.2 Å². The Labute approximate surface area is 164 Å². The van der Waals surface area contributed by atoms with Crippen molar-refractivity contribution in [2.75, 3.05) is 32.1 Å². The Morgan fingerprint density at radius 1 is 1.19 bits per heavy atom. The van der Waals surface area contributed by atoms with Crippen LogP contribution in [0.3, 0.4) is 0 Å². The van der Waals surface area contributed by atoms with Gasteiger partial charge >= 0.3 is 0 Å². The molecule has 0 atom stereocenters. The van der Waals surface area contributed by atoms with Crippen molar-refractivity contribution in [2.24, 2.45) is 0 Å². The maximum absolute atomic E-state index is 13.3. The number of fused-ring (bicyclic) bond motifs is 1. The van der Waals surface area contributed by atoms with Gasteiger partial charge in [-0.3, -0.25) is 14.4 Å². The molecule has 6 nitrogen and oxygen atoms in total. The highest BCUT2D eigenvalue weighted by Crippen LogP contribution is 2.32. The van der Waals surface area contributed by atoms with Gasteiger partial charge in [0.15, 0.2) is 10.8 Å². The SMILES string of the molecule is CCn1nc(C(=O)N(CCN(C)C)c2nc3c(C)c(C)ccc3s2)cc1C. The summed E-state index contributed by atoms with van der Waals surface area (Å²) >= 11 is 1.56. The molecule has 0 aliphatic heterocycles. The van der Waals surface area contributed by atoms with Gasteiger partial charge in [0.1, 0.15) is 0 Å². The summed E-state index contributed by atoms with van der Waals surface area (Å²) in [6, 6.07) is 6.05. The second-order valence-electron chi connectivity index (χ2n) is 7.10. The Bertz CT molecular complexity index is 972. The van der Waals surface area contributed by atoms with Crippen molar-refractivity contribution in [3.8, 4) is 0 Å². The Morgan fingerprint density at radius 3 is 2.56 bits per heavy atom. The van der Waals surface area contributed by atoms with E-state index in [9.17, 15) is 4.79 Å². The number of hydrogen-bond donors (Lipinski definition) is 0. The Morgan fingerprint density at radius 2 is 1.93 bits per heavy atom. The number of amides is 1. The molecule has 1 aromatic carbocycles. The molecule has 1 amide bonds. The molecule has 2 heterocycles. The first-order valence-corrected chi connectivity index (χ1v) is 10.0. The van der Waals surface area contributed by atoms with Crippen LogP contribution >= 0.6 is 11.3 Å². The molecule has 0 radical (unpaired) electrons. The summed E-state index contributed by atoms with van der Waals surface area (Å²) in [4.78, 5) is 21.9. The number of aromatic nitrogens is 3. The van der Waals surface area contributed by atoms with Gasteiger partial charge in [-0.2, -0.15) is 5.10 Å². The minimum absolute atomic E-state index is 0.0967. The second-order valence-corrected chi connectivity index (χ2v) is 8.11. The van der Waals surface area contributed by atoms with E-state index in [1.807, 2.05) is 38.7 Å². The van der Waals surface area contributed by atoms with Crippen LogP contribution in [0.2, 0.25) is 0 Å². The predicted molar refractivity (Wildman–Crippen MR) is 112 cm³/mol. The normalized spacial score (nSPS) is 11.5. The van der Waals surface area contributed by atoms with E-state index in [-0.39, 0.29) is 5.91 Å². The van der Waals surface area contributed by atoms with Crippen LogP contribution in [0, 0.1) is 20.8 Å². The third-order valence-electron chi connectivity index (χ3n) is 4.82. The number of nitrogens with zero attached hydrogens (tertiary/aromatic N) is 5. The van der Waals surface area contributed by atoms with Crippen LogP contribution < -0.4 is 4.90 Å². The number of anilines is 1. The molecule has 0 aliphatic rings. The van der Waals surface area contributed by atoms with Crippen molar-refractivity contribution in [1.82, 2.24) is 19.7 Å². The third kappa shape index (κ3) is 3.89. The fraction of sp³-hybridized carbons (Fsp3) is 0.450. The number of hydrogen-bond acceptors (Lipinski definition) is 5. The van der Waals surface area contributed by atoms with Crippen LogP contribution in [0.5, 0.6) is 0 Å². The van der Waals surface area contributed by atoms with Crippen molar-refractivity contribution in [1.29, 1.82) is 0 Å². The maximum Gasteiger partial charge on any atom is 0.280 e. The molecule has 0 spiro atoms. The molecule has 3 aromatic rings. The van der Waals surface area contributed by atoms with E-state index in [0.717, 1.165) is 34.1 Å². The minimum Gasteiger partial charge on any atom is -0.308 e. The lowest BCUT2D eigenvalue weighted by Gasteiger charge is -2.21. The molecule has 0 bridgehead atoms. The summed E-state index contributed by atoms with van der Waals surface area (Å²) in [5.74, 6) is -0.0967. The largest absolute Gasteiger partial charge is 0.308 e. The van der Waals surface area contributed by atoms with Gasteiger partial charge < -0.3 is 4.90 Å². The first-order chi connectivity index (χ1) is 12.8. The van der Waals surface area contributed by atoms with Crippen LogP contribution in [-0.2, 0) is 6.54 Å². The highest BCUT2D eigenvalue weighted by molar-refractivity contribution is 7.22. The van der Waals surface area contributed by atoms with Crippen molar-refractivity contribution in [2.45, 2.75) is 34.2 Å². The van der Waals surface area contributed by atoms with Gasteiger partial charge in [0, 0.05) is 25.3 Å². The minimum atomic E-state index is -0.0967. The predicted octanol–water partition coefficient (Wildman–Crippen LogP) is 3.65. The molecular formula is C20H27N5OS. The standard InChI is InChI=1S/C20H27N5OS/c1-7-25-14(3)12-16(22-25)19(26)24(11-10-23(5)6)20-21-18-15(4)13(2)8-9-17(18)27-20/h8-9,12H,7,10-11H2,1-6H3. The lowest BCUT2D eigenvalue weighted by Crippen LogP contribution is -2.37. The van der Waals surface area contributed by atoms with Crippen LogP contribution in [-0.4, -0.2) is 52.8 Å². The van der Waals surface area contributed by atoms with Gasteiger partial charge in [-0.15, -0.1) is 0 Å². The quantitative estimate of drug-likeness (QED) is 0.650. The molecule has 0 aliphatic carbocycles. The van der Waals surface area contributed by atoms with E-state index in [1.165, 1.54) is 11.1 Å². The zero-order chi connectivity index (χ0) is 19.7. The first kappa shape index (κ1) is 19.5. The fourth-order valence-corrected chi connectivity index (χ4v) is 4.04. The lowest BCUT2D eigenvalue weighted by atomic mass is 10.1. The third-order valence-corrected chi connectivity index (χ3v) is 5.86. The molecule has 0 saturated heterocycles. The van der Waals surface area contributed by atoms with E-state index < -0.39 is 0 Å². The zero-order valence-electron chi connectivity index (χ0n) is 16.9. The van der Waals surface area contributed by atoms with E-state index in [2.05, 4.69) is 36.0 Å². The van der Waals surface area contributed by atoms with E-state index in [4.69, 9.17) is 4.98 Å². The average Bonchev–Trinajstić information content (AvgIpc) is 3.22. The summed E-state index contributed by atoms with van der Waals surface area (Å²) in [5.41, 5.74) is 4.82. The molecule has 0 fully saturated rings. The average molecular weight is 386 g/mol. The fourth-order valence-electron chi connectivity index (χ4n) is 2.99. The van der Waals surface area contributed by atoms with Gasteiger partial charge in [-0.1, -0.05) is 17.4 Å². The molecule has 27 heavy (non-hydrogen) atoms. The summed E-state index contributed by atoms with van der Waals surface area (Å²) in [6.45, 7) is 10.2. The highest BCUT2D eigenvalue weighted by atomic mass is 32.1. The monoisotopic (exact) mass is 385 g/mol. The van der Waals surface area contributed by atoms with E-state index in [0.29, 0.717) is 12.2 Å². The number of carbonyl (C=O) groups excluding carboxylic acids is 1. The summed E-state index contributed by atoms with van der Waals surface area (Å²) in [6.07, 6.45) is 0. The molecule has 0 unspecified atom stereocenters. The maximum atomic E-state index is 13.3. The molecule has 0 saturated carbocycles. The number of carbonyl (C=O) groups is 1. The number of benzene rings is 1. The van der Waals surface area contributed by atoms with Crippen LogP contribution in [0.15, 0.2) is 18.2 Å². The summed E-state index contributed by atoms with van der Waals surface area (Å²) in [7, 11) is 4.01. The van der Waals surface area contributed by atoms with Crippen LogP contribution in [0.4, 0.5) is 5.13 Å². The summed E-state index contributed by atoms with van der Waals surface area (Å²) < 4.78 is 2.95. The van der Waals surface area contributed by atoms with Gasteiger partial charge in [0.25, 0.3) is 5.91 Å². The number of aryl methyl sites for hydroxylation is 4. The second kappa shape index (κ2) is 7.78. The van der Waals surface area contributed by atoms with Crippen molar-refractivity contribution >= 4 is 32.6 Å². The van der Waals surface area contributed by atoms with Gasteiger partial charge in [-0.05, 0) is 65.0 Å². The van der Waals surface area contributed by atoms with E-state index >= 15 is 0 Å². The summed E-state index contributed by atoms with van der Waals surface area (Å²) in [5, 5.41) is 5.21. The van der Waals surface area contributed by atoms with Gasteiger partial charge in [-0.25, -0.2) is 4.98 Å². The smallest absolute Gasteiger partial charge is 0.280 e. The Kier molecular flexibility index (Phi) is 5.62. The number of thiazole rings is 1. The molecule has 7 heteroatoms. The molecule has 2 aromatic heterocycles. The Hall–Kier alpha value is -2.25. The molecule has 0 N–H and O–H groups in total. The molecular weight excluding hydrogens is 358 g/mol. The van der Waals surface area contributed by atoms with Crippen LogP contribution in [0.1, 0.15) is 34.2 Å². The first-order valence-electron chi connectivity index (χ1n) is 9.19. The topological polar surface area (TPSA) is 54.3 Å². The van der Waals surface area contributed by atoms with Crippen molar-refractivity contribution in [3.63, 3.8) is 0 Å². The van der Waals surface area contributed by atoms with Crippen molar-refractivity contribution < 1.29 is 4.79 Å². The Balaban J connectivity index is 2.02. The number of likely N-dealkylation sites (N-methyl/N-ethyl adjacent to an activating group) is 1. The molecule has 144 valence electrons. The van der Waals surface area contributed by atoms with Gasteiger partial charge in [0.2, 0.25) is 0 Å². The van der Waals surface area contributed by atoms with Crippen molar-refractivity contribution in [3.05, 3.63) is 40.7 Å². The lowest BCUT2D eigenvalue weighted by molar-refractivity contribution is 0.0979. The van der Waals surface area contributed by atoms with E-state index in [1.54, 1.807) is 16.2 Å². The van der Waals surface area contributed by atoms with Crippen LogP contribution in [0.25, 0.3) is 10.2 Å². The zero-order valence-corrected chi connectivity index (χ0v) is 17.7. The highest BCUT2D eigenvalue weighted by Gasteiger charge is 2.24. The molecule has 3 rings (SSSR count). The number of rotatable bonds is 6.